The Morgan fingerprint density at radius 3 is 2.79 bits per heavy atom. The van der Waals surface area contributed by atoms with Crippen molar-refractivity contribution in [3.63, 3.8) is 0 Å². The molecule has 19 heavy (non-hydrogen) atoms. The Kier molecular flexibility index (Phi) is 3.79. The predicted octanol–water partition coefficient (Wildman–Crippen LogP) is 4.90. The Morgan fingerprint density at radius 2 is 1.89 bits per heavy atom. The first-order valence-corrected chi connectivity index (χ1v) is 7.93. The van der Waals surface area contributed by atoms with Gasteiger partial charge in [0.2, 0.25) is 0 Å². The van der Waals surface area contributed by atoms with Crippen molar-refractivity contribution in [3.8, 4) is 0 Å². The SMILES string of the molecule is CCc1ccccc1NC1CCSc2ccccc21. The smallest absolute Gasteiger partial charge is 0.0532 e. The van der Waals surface area contributed by atoms with Crippen LogP contribution in [0, 0.1) is 0 Å². The maximum Gasteiger partial charge on any atom is 0.0532 e. The van der Waals surface area contributed by atoms with Crippen molar-refractivity contribution in [3.05, 3.63) is 59.7 Å². The van der Waals surface area contributed by atoms with Gasteiger partial charge in [-0.15, -0.1) is 11.8 Å². The molecule has 1 atom stereocenters. The van der Waals surface area contributed by atoms with Crippen molar-refractivity contribution in [2.45, 2.75) is 30.7 Å². The number of nitrogens with one attached hydrogen (secondary N) is 1. The van der Waals surface area contributed by atoms with Gasteiger partial charge in [-0.25, -0.2) is 0 Å². The second-order valence-corrected chi connectivity index (χ2v) is 6.02. The first-order valence-electron chi connectivity index (χ1n) is 6.94. The van der Waals surface area contributed by atoms with E-state index in [9.17, 15) is 0 Å². The first kappa shape index (κ1) is 12.6. The summed E-state index contributed by atoms with van der Waals surface area (Å²) in [6.07, 6.45) is 2.27. The van der Waals surface area contributed by atoms with Gasteiger partial charge in [0.1, 0.15) is 0 Å². The summed E-state index contributed by atoms with van der Waals surface area (Å²) in [6.45, 7) is 2.21. The summed E-state index contributed by atoms with van der Waals surface area (Å²) >= 11 is 1.97. The van der Waals surface area contributed by atoms with Crippen LogP contribution in [0.2, 0.25) is 0 Å². The fourth-order valence-electron chi connectivity index (χ4n) is 2.65. The quantitative estimate of drug-likeness (QED) is 0.850. The van der Waals surface area contributed by atoms with Gasteiger partial charge in [0, 0.05) is 16.3 Å². The molecule has 2 aromatic rings. The molecule has 0 bridgehead atoms. The molecule has 1 N–H and O–H groups in total. The standard InChI is InChI=1S/C17H19NS/c1-2-13-7-3-5-9-15(13)18-16-11-12-19-17-10-6-4-8-14(16)17/h3-10,16,18H,2,11-12H2,1H3. The third-order valence-electron chi connectivity index (χ3n) is 3.69. The van der Waals surface area contributed by atoms with Gasteiger partial charge < -0.3 is 5.32 Å². The average molecular weight is 269 g/mol. The Labute approximate surface area is 119 Å². The molecule has 1 unspecified atom stereocenters. The zero-order valence-electron chi connectivity index (χ0n) is 11.2. The van der Waals surface area contributed by atoms with Crippen molar-refractivity contribution in [1.82, 2.24) is 0 Å². The molecule has 0 fully saturated rings. The van der Waals surface area contributed by atoms with Crippen LogP contribution in [-0.2, 0) is 6.42 Å². The molecule has 98 valence electrons. The summed E-state index contributed by atoms with van der Waals surface area (Å²) < 4.78 is 0. The van der Waals surface area contributed by atoms with Gasteiger partial charge in [0.15, 0.2) is 0 Å². The summed E-state index contributed by atoms with van der Waals surface area (Å²) in [5, 5.41) is 3.74. The third kappa shape index (κ3) is 2.64. The molecule has 2 aromatic carbocycles. The fourth-order valence-corrected chi connectivity index (χ4v) is 3.77. The highest BCUT2D eigenvalue weighted by Gasteiger charge is 2.20. The molecule has 0 amide bonds. The monoisotopic (exact) mass is 269 g/mol. The van der Waals surface area contributed by atoms with Gasteiger partial charge in [0.05, 0.1) is 6.04 Å². The average Bonchev–Trinajstić information content (AvgIpc) is 2.48. The minimum absolute atomic E-state index is 0.449. The molecular weight excluding hydrogens is 250 g/mol. The number of anilines is 1. The van der Waals surface area contributed by atoms with Gasteiger partial charge in [-0.1, -0.05) is 43.3 Å². The zero-order valence-corrected chi connectivity index (χ0v) is 12.0. The number of para-hydroxylation sites is 1. The number of aryl methyl sites for hydroxylation is 1. The lowest BCUT2D eigenvalue weighted by molar-refractivity contribution is 0.727. The van der Waals surface area contributed by atoms with Gasteiger partial charge in [-0.2, -0.15) is 0 Å². The molecular formula is C17H19NS. The van der Waals surface area contributed by atoms with Crippen molar-refractivity contribution < 1.29 is 0 Å². The van der Waals surface area contributed by atoms with Crippen LogP contribution < -0.4 is 5.32 Å². The molecule has 1 aliphatic rings. The van der Waals surface area contributed by atoms with E-state index >= 15 is 0 Å². The molecule has 0 saturated heterocycles. The van der Waals surface area contributed by atoms with E-state index < -0.39 is 0 Å². The van der Waals surface area contributed by atoms with E-state index in [0.29, 0.717) is 6.04 Å². The molecule has 1 aliphatic heterocycles. The molecule has 0 spiro atoms. The maximum atomic E-state index is 3.74. The second kappa shape index (κ2) is 5.70. The largest absolute Gasteiger partial charge is 0.378 e. The van der Waals surface area contributed by atoms with E-state index in [4.69, 9.17) is 0 Å². The number of rotatable bonds is 3. The van der Waals surface area contributed by atoms with E-state index in [1.807, 2.05) is 11.8 Å². The van der Waals surface area contributed by atoms with Crippen molar-refractivity contribution in [2.75, 3.05) is 11.1 Å². The van der Waals surface area contributed by atoms with E-state index in [1.165, 1.54) is 33.9 Å². The number of thioether (sulfide) groups is 1. The van der Waals surface area contributed by atoms with Crippen LogP contribution in [0.4, 0.5) is 5.69 Å². The fraction of sp³-hybridized carbons (Fsp3) is 0.294. The molecule has 0 aliphatic carbocycles. The zero-order chi connectivity index (χ0) is 13.1. The summed E-state index contributed by atoms with van der Waals surface area (Å²) in [7, 11) is 0. The van der Waals surface area contributed by atoms with Gasteiger partial charge in [0.25, 0.3) is 0 Å². The minimum Gasteiger partial charge on any atom is -0.378 e. The Bertz CT molecular complexity index is 565. The summed E-state index contributed by atoms with van der Waals surface area (Å²) in [5.74, 6) is 1.20. The van der Waals surface area contributed by atoms with Gasteiger partial charge >= 0.3 is 0 Å². The van der Waals surface area contributed by atoms with Crippen LogP contribution in [0.15, 0.2) is 53.4 Å². The van der Waals surface area contributed by atoms with Crippen LogP contribution in [-0.4, -0.2) is 5.75 Å². The van der Waals surface area contributed by atoms with Crippen LogP contribution in [0.25, 0.3) is 0 Å². The lowest BCUT2D eigenvalue weighted by atomic mass is 10.0. The van der Waals surface area contributed by atoms with Crippen molar-refractivity contribution >= 4 is 17.4 Å². The van der Waals surface area contributed by atoms with Crippen LogP contribution in [0.1, 0.15) is 30.5 Å². The highest BCUT2D eigenvalue weighted by molar-refractivity contribution is 7.99. The van der Waals surface area contributed by atoms with E-state index in [-0.39, 0.29) is 0 Å². The molecule has 1 nitrogen and oxygen atoms in total. The minimum atomic E-state index is 0.449. The lowest BCUT2D eigenvalue weighted by Crippen LogP contribution is -2.16. The molecule has 0 saturated carbocycles. The van der Waals surface area contributed by atoms with Gasteiger partial charge in [-0.05, 0) is 36.1 Å². The second-order valence-electron chi connectivity index (χ2n) is 4.88. The van der Waals surface area contributed by atoms with E-state index in [1.54, 1.807) is 0 Å². The summed E-state index contributed by atoms with van der Waals surface area (Å²) in [6, 6.07) is 17.9. The predicted molar refractivity (Wildman–Crippen MR) is 84.0 cm³/mol. The lowest BCUT2D eigenvalue weighted by Gasteiger charge is -2.27. The number of fused-ring (bicyclic) bond motifs is 1. The molecule has 0 aromatic heterocycles. The molecule has 0 radical (unpaired) electrons. The van der Waals surface area contributed by atoms with E-state index in [0.717, 1.165) is 6.42 Å². The Hall–Kier alpha value is -1.41. The highest BCUT2D eigenvalue weighted by atomic mass is 32.2. The van der Waals surface area contributed by atoms with Crippen molar-refractivity contribution in [1.29, 1.82) is 0 Å². The van der Waals surface area contributed by atoms with Crippen LogP contribution in [0.3, 0.4) is 0 Å². The van der Waals surface area contributed by atoms with Crippen molar-refractivity contribution in [2.24, 2.45) is 0 Å². The normalized spacial score (nSPS) is 17.8. The molecule has 2 heteroatoms. The highest BCUT2D eigenvalue weighted by Crippen LogP contribution is 2.38. The first-order chi connectivity index (χ1) is 9.38. The number of hydrogen-bond donors (Lipinski definition) is 1. The third-order valence-corrected chi connectivity index (χ3v) is 4.81. The van der Waals surface area contributed by atoms with Gasteiger partial charge in [-0.3, -0.25) is 0 Å². The topological polar surface area (TPSA) is 12.0 Å². The maximum absolute atomic E-state index is 3.74. The molecule has 3 rings (SSSR count). The Balaban J connectivity index is 1.88. The van der Waals surface area contributed by atoms with Crippen LogP contribution in [0.5, 0.6) is 0 Å². The number of benzene rings is 2. The number of hydrogen-bond acceptors (Lipinski definition) is 2. The summed E-state index contributed by atoms with van der Waals surface area (Å²) in [5.41, 5.74) is 4.14. The summed E-state index contributed by atoms with van der Waals surface area (Å²) in [4.78, 5) is 1.43. The molecule has 1 heterocycles. The Morgan fingerprint density at radius 1 is 1.11 bits per heavy atom. The van der Waals surface area contributed by atoms with E-state index in [2.05, 4.69) is 60.8 Å². The van der Waals surface area contributed by atoms with Crippen LogP contribution >= 0.6 is 11.8 Å².